The number of aliphatic hydroxyl groups is 2. The lowest BCUT2D eigenvalue weighted by Crippen LogP contribution is -2.63. The Bertz CT molecular complexity index is 1350. The largest absolute Gasteiger partial charge is 0.502 e. The van der Waals surface area contributed by atoms with Crippen LogP contribution < -0.4 is 18.9 Å². The monoisotopic (exact) mass is 588 g/mol. The van der Waals surface area contributed by atoms with E-state index in [4.69, 9.17) is 42.6 Å². The van der Waals surface area contributed by atoms with Gasteiger partial charge in [-0.1, -0.05) is 0 Å². The van der Waals surface area contributed by atoms with Gasteiger partial charge in [-0.25, -0.2) is 0 Å². The van der Waals surface area contributed by atoms with Gasteiger partial charge in [0.1, 0.15) is 24.4 Å². The SMILES string of the molecule is COc1cc(C2c3cc4c(cc3C(OC3O[C@@H]5COC(C)OC5C(O)C3O)[C@H]3COC(=O)[C@H]23)OCO4)cc(OC)c1O. The number of hydrogen-bond acceptors (Lipinski definition) is 13. The lowest BCUT2D eigenvalue weighted by atomic mass is 9.66. The molecule has 3 fully saturated rings. The summed E-state index contributed by atoms with van der Waals surface area (Å²) in [5, 5.41) is 32.5. The van der Waals surface area contributed by atoms with Gasteiger partial charge in [0.05, 0.1) is 39.5 Å². The minimum atomic E-state index is -1.44. The minimum absolute atomic E-state index is 0.0301. The number of aliphatic hydroxyl groups excluding tert-OH is 2. The van der Waals surface area contributed by atoms with Gasteiger partial charge in [-0.15, -0.1) is 0 Å². The van der Waals surface area contributed by atoms with E-state index in [1.165, 1.54) is 14.2 Å². The number of phenolic OH excluding ortho intramolecular Hbond substituents is 1. The Kier molecular flexibility index (Phi) is 6.83. The molecule has 10 atom stereocenters. The zero-order valence-corrected chi connectivity index (χ0v) is 23.1. The third kappa shape index (κ3) is 4.26. The molecular formula is C29H32O13. The zero-order chi connectivity index (χ0) is 29.3. The lowest BCUT2D eigenvalue weighted by molar-refractivity contribution is -0.364. The molecule has 0 amide bonds. The highest BCUT2D eigenvalue weighted by molar-refractivity contribution is 5.79. The van der Waals surface area contributed by atoms with Crippen LogP contribution in [0.15, 0.2) is 24.3 Å². The van der Waals surface area contributed by atoms with Crippen molar-refractivity contribution in [2.24, 2.45) is 11.8 Å². The first-order chi connectivity index (χ1) is 20.3. The van der Waals surface area contributed by atoms with Crippen molar-refractivity contribution in [3.63, 3.8) is 0 Å². The maximum Gasteiger partial charge on any atom is 0.310 e. The zero-order valence-electron chi connectivity index (χ0n) is 23.1. The van der Waals surface area contributed by atoms with Gasteiger partial charge in [-0.2, -0.15) is 0 Å². The summed E-state index contributed by atoms with van der Waals surface area (Å²) < 4.78 is 51.5. The van der Waals surface area contributed by atoms with Gasteiger partial charge in [0.15, 0.2) is 35.6 Å². The quantitative estimate of drug-likeness (QED) is 0.430. The third-order valence-electron chi connectivity index (χ3n) is 8.75. The van der Waals surface area contributed by atoms with Gasteiger partial charge in [0.2, 0.25) is 12.5 Å². The van der Waals surface area contributed by atoms with Gasteiger partial charge in [-0.3, -0.25) is 4.79 Å². The van der Waals surface area contributed by atoms with Gasteiger partial charge >= 0.3 is 5.97 Å². The predicted molar refractivity (Wildman–Crippen MR) is 138 cm³/mol. The van der Waals surface area contributed by atoms with Crippen LogP contribution in [0.5, 0.6) is 28.7 Å². The normalized spacial score (nSPS) is 36.5. The molecule has 3 saturated heterocycles. The fraction of sp³-hybridized carbons (Fsp3) is 0.552. The molecule has 7 rings (SSSR count). The summed E-state index contributed by atoms with van der Waals surface area (Å²) in [6.07, 6.45) is -6.80. The van der Waals surface area contributed by atoms with Crippen molar-refractivity contribution >= 4 is 5.97 Å². The van der Waals surface area contributed by atoms with Crippen LogP contribution >= 0.6 is 0 Å². The van der Waals surface area contributed by atoms with Crippen LogP contribution in [0.4, 0.5) is 0 Å². The summed E-state index contributed by atoms with van der Waals surface area (Å²) in [6, 6.07) is 6.93. The van der Waals surface area contributed by atoms with Crippen molar-refractivity contribution in [3.05, 3.63) is 41.0 Å². The molecule has 0 radical (unpaired) electrons. The van der Waals surface area contributed by atoms with Crippen LogP contribution in [0.1, 0.15) is 35.6 Å². The lowest BCUT2D eigenvalue weighted by Gasteiger charge is -2.47. The first-order valence-electron chi connectivity index (χ1n) is 13.8. The molecule has 1 aliphatic carbocycles. The average Bonchev–Trinajstić information content (AvgIpc) is 3.61. The second kappa shape index (κ2) is 10.4. The van der Waals surface area contributed by atoms with E-state index in [1.807, 2.05) is 0 Å². The second-order valence-corrected chi connectivity index (χ2v) is 11.0. The molecule has 4 heterocycles. The number of aromatic hydroxyl groups is 1. The van der Waals surface area contributed by atoms with Gasteiger partial charge in [-0.05, 0) is 47.9 Å². The Morgan fingerprint density at radius 3 is 2.26 bits per heavy atom. The number of carbonyl (C=O) groups is 1. The van der Waals surface area contributed by atoms with Crippen molar-refractivity contribution < 1.29 is 62.7 Å². The molecule has 2 aromatic carbocycles. The summed E-state index contributed by atoms with van der Waals surface area (Å²) in [7, 11) is 2.86. The standard InChI is InChI=1S/C29H32O13/c1-11-36-9-20-27(40-11)24(31)25(32)29(41-20)42-26-14-7-17-16(38-10-39-17)6-13(14)21(22-15(26)8-37-28(22)33)12-4-18(34-2)23(30)19(5-12)35-3/h4-7,11,15,20-22,24-27,29-32H,8-10H2,1-3H3/t11?,15-,20+,21?,22-,24?,25?,26?,27?,29?/m0/s1. The summed E-state index contributed by atoms with van der Waals surface area (Å²) in [6.45, 7) is 1.93. The Balaban J connectivity index is 1.32. The highest BCUT2D eigenvalue weighted by Gasteiger charge is 2.56. The average molecular weight is 589 g/mol. The Morgan fingerprint density at radius 1 is 0.881 bits per heavy atom. The number of rotatable bonds is 5. The highest BCUT2D eigenvalue weighted by Crippen LogP contribution is 2.57. The Hall–Kier alpha value is -3.33. The molecule has 13 nitrogen and oxygen atoms in total. The van der Waals surface area contributed by atoms with Crippen molar-refractivity contribution in [2.75, 3.05) is 34.2 Å². The Labute approximate surface area is 240 Å². The summed E-state index contributed by atoms with van der Waals surface area (Å²) in [4.78, 5) is 13.4. The summed E-state index contributed by atoms with van der Waals surface area (Å²) in [5.41, 5.74) is 2.01. The second-order valence-electron chi connectivity index (χ2n) is 11.0. The molecule has 2 aromatic rings. The molecule has 4 aliphatic heterocycles. The van der Waals surface area contributed by atoms with Crippen LogP contribution in [0, 0.1) is 11.8 Å². The van der Waals surface area contributed by atoms with E-state index < -0.39 is 66.8 Å². The fourth-order valence-electron chi connectivity index (χ4n) is 6.74. The number of hydrogen-bond donors (Lipinski definition) is 3. The number of carbonyl (C=O) groups excluding carboxylic acids is 1. The smallest absolute Gasteiger partial charge is 0.310 e. The van der Waals surface area contributed by atoms with E-state index in [0.29, 0.717) is 28.2 Å². The minimum Gasteiger partial charge on any atom is -0.502 e. The molecule has 3 N–H and O–H groups in total. The van der Waals surface area contributed by atoms with Crippen LogP contribution in [-0.4, -0.2) is 92.5 Å². The van der Waals surface area contributed by atoms with Gasteiger partial charge < -0.3 is 58.0 Å². The number of cyclic esters (lactones) is 1. The maximum atomic E-state index is 13.4. The number of methoxy groups -OCH3 is 2. The molecule has 0 bridgehead atoms. The van der Waals surface area contributed by atoms with E-state index in [2.05, 4.69) is 0 Å². The Morgan fingerprint density at radius 2 is 1.57 bits per heavy atom. The molecule has 0 spiro atoms. The van der Waals surface area contributed by atoms with Crippen LogP contribution in [0.25, 0.3) is 0 Å². The summed E-state index contributed by atoms with van der Waals surface area (Å²) in [5.74, 6) is -1.02. The molecule has 226 valence electrons. The molecule has 5 aliphatic rings. The van der Waals surface area contributed by atoms with Crippen molar-refractivity contribution in [2.45, 2.75) is 55.9 Å². The van der Waals surface area contributed by atoms with E-state index in [9.17, 15) is 20.1 Å². The number of benzene rings is 2. The molecule has 42 heavy (non-hydrogen) atoms. The molecule has 0 saturated carbocycles. The predicted octanol–water partition coefficient (Wildman–Crippen LogP) is 1.34. The van der Waals surface area contributed by atoms with Crippen molar-refractivity contribution in [3.8, 4) is 28.7 Å². The van der Waals surface area contributed by atoms with Crippen molar-refractivity contribution in [1.29, 1.82) is 0 Å². The summed E-state index contributed by atoms with van der Waals surface area (Å²) >= 11 is 0. The van der Waals surface area contributed by atoms with Gasteiger partial charge in [0, 0.05) is 11.8 Å². The van der Waals surface area contributed by atoms with E-state index >= 15 is 0 Å². The number of phenols is 1. The molecule has 0 aromatic heterocycles. The molecule has 7 unspecified atom stereocenters. The van der Waals surface area contributed by atoms with Crippen LogP contribution in [0.3, 0.4) is 0 Å². The van der Waals surface area contributed by atoms with E-state index in [-0.39, 0.29) is 37.3 Å². The number of esters is 1. The van der Waals surface area contributed by atoms with Crippen molar-refractivity contribution in [1.82, 2.24) is 0 Å². The number of ether oxygens (including phenoxy) is 9. The molecular weight excluding hydrogens is 556 g/mol. The molecule has 13 heteroatoms. The number of fused-ring (bicyclic) bond motifs is 4. The fourth-order valence-corrected chi connectivity index (χ4v) is 6.74. The van der Waals surface area contributed by atoms with E-state index in [1.54, 1.807) is 31.2 Å². The highest BCUT2D eigenvalue weighted by atomic mass is 16.8. The van der Waals surface area contributed by atoms with Crippen LogP contribution in [-0.2, 0) is 28.5 Å². The topological polar surface area (TPSA) is 161 Å². The van der Waals surface area contributed by atoms with Gasteiger partial charge in [0.25, 0.3) is 0 Å². The first-order valence-corrected chi connectivity index (χ1v) is 13.8. The van der Waals surface area contributed by atoms with Crippen LogP contribution in [0.2, 0.25) is 0 Å². The third-order valence-corrected chi connectivity index (χ3v) is 8.75. The van der Waals surface area contributed by atoms with E-state index in [0.717, 1.165) is 0 Å². The first kappa shape index (κ1) is 27.5. The maximum absolute atomic E-state index is 13.4.